The second kappa shape index (κ2) is 8.91. The largest absolute Gasteiger partial charge is 0.378 e. The lowest BCUT2D eigenvalue weighted by molar-refractivity contribution is -0.127. The van der Waals surface area contributed by atoms with Crippen LogP contribution < -0.4 is 15.8 Å². The van der Waals surface area contributed by atoms with Crippen molar-refractivity contribution in [3.63, 3.8) is 0 Å². The lowest BCUT2D eigenvalue weighted by Crippen LogP contribution is -2.50. The number of aryl methyl sites for hydroxylation is 1. The molecular formula is C21H25ClN4O3S. The van der Waals surface area contributed by atoms with Crippen LogP contribution in [0.15, 0.2) is 24.3 Å². The fourth-order valence-electron chi connectivity index (χ4n) is 4.17. The summed E-state index contributed by atoms with van der Waals surface area (Å²) in [4.78, 5) is 33.0. The molecule has 160 valence electrons. The van der Waals surface area contributed by atoms with Gasteiger partial charge in [0.25, 0.3) is 5.91 Å². The molecule has 0 unspecified atom stereocenters. The van der Waals surface area contributed by atoms with Crippen molar-refractivity contribution >= 4 is 39.9 Å². The van der Waals surface area contributed by atoms with Gasteiger partial charge in [0.15, 0.2) is 5.13 Å². The van der Waals surface area contributed by atoms with Crippen molar-refractivity contribution in [1.29, 1.82) is 0 Å². The van der Waals surface area contributed by atoms with Crippen LogP contribution in [-0.4, -0.2) is 43.1 Å². The van der Waals surface area contributed by atoms with E-state index in [1.807, 2.05) is 19.1 Å². The Labute approximate surface area is 184 Å². The number of amides is 2. The van der Waals surface area contributed by atoms with Crippen LogP contribution in [0.3, 0.4) is 0 Å². The Bertz CT molecular complexity index is 919. The normalized spacial score (nSPS) is 18.3. The number of aromatic nitrogens is 1. The summed E-state index contributed by atoms with van der Waals surface area (Å²) in [7, 11) is 0. The van der Waals surface area contributed by atoms with Crippen molar-refractivity contribution < 1.29 is 14.3 Å². The van der Waals surface area contributed by atoms with Crippen LogP contribution in [0.5, 0.6) is 0 Å². The van der Waals surface area contributed by atoms with E-state index in [9.17, 15) is 9.59 Å². The summed E-state index contributed by atoms with van der Waals surface area (Å²) < 4.78 is 5.37. The van der Waals surface area contributed by atoms with Gasteiger partial charge in [0.1, 0.15) is 4.88 Å². The number of halogens is 1. The molecule has 1 aromatic heterocycles. The van der Waals surface area contributed by atoms with E-state index in [-0.39, 0.29) is 11.8 Å². The minimum absolute atomic E-state index is 0.189. The number of rotatable bonds is 4. The summed E-state index contributed by atoms with van der Waals surface area (Å²) in [6.07, 6.45) is 3.44. The van der Waals surface area contributed by atoms with Crippen LogP contribution >= 0.6 is 22.9 Å². The second-order valence-electron chi connectivity index (χ2n) is 7.71. The molecule has 1 aliphatic carbocycles. The van der Waals surface area contributed by atoms with E-state index in [2.05, 4.69) is 20.7 Å². The number of hydrazine groups is 1. The van der Waals surface area contributed by atoms with Crippen molar-refractivity contribution in [2.45, 2.75) is 38.0 Å². The molecule has 9 heteroatoms. The third kappa shape index (κ3) is 4.17. The molecule has 0 atom stereocenters. The van der Waals surface area contributed by atoms with Crippen LogP contribution in [0.1, 0.15) is 46.6 Å². The summed E-state index contributed by atoms with van der Waals surface area (Å²) in [6, 6.07) is 7.40. The number of hydrogen-bond acceptors (Lipinski definition) is 6. The molecule has 0 spiro atoms. The Morgan fingerprint density at radius 2 is 1.80 bits per heavy atom. The van der Waals surface area contributed by atoms with Gasteiger partial charge in [-0.3, -0.25) is 20.4 Å². The topological polar surface area (TPSA) is 83.6 Å². The molecule has 2 aromatic rings. The molecule has 30 heavy (non-hydrogen) atoms. The minimum Gasteiger partial charge on any atom is -0.378 e. The number of benzene rings is 1. The maximum absolute atomic E-state index is 13.1. The number of morpholine rings is 1. The van der Waals surface area contributed by atoms with Crippen LogP contribution in [0.25, 0.3) is 0 Å². The molecule has 2 fully saturated rings. The van der Waals surface area contributed by atoms with E-state index in [0.29, 0.717) is 28.8 Å². The lowest BCUT2D eigenvalue weighted by Gasteiger charge is -2.28. The Hall–Kier alpha value is -2.16. The van der Waals surface area contributed by atoms with E-state index < -0.39 is 5.41 Å². The van der Waals surface area contributed by atoms with Crippen LogP contribution in [-0.2, 0) is 14.9 Å². The summed E-state index contributed by atoms with van der Waals surface area (Å²) in [6.45, 7) is 4.64. The molecule has 4 rings (SSSR count). The number of nitrogens with one attached hydrogen (secondary N) is 2. The third-order valence-corrected chi connectivity index (χ3v) is 7.32. The molecule has 1 saturated heterocycles. The highest BCUT2D eigenvalue weighted by atomic mass is 35.5. The fourth-order valence-corrected chi connectivity index (χ4v) is 5.31. The van der Waals surface area contributed by atoms with Gasteiger partial charge < -0.3 is 9.64 Å². The summed E-state index contributed by atoms with van der Waals surface area (Å²) in [5.74, 6) is -0.534. The van der Waals surface area contributed by atoms with Gasteiger partial charge in [-0.1, -0.05) is 47.9 Å². The van der Waals surface area contributed by atoms with E-state index in [0.717, 1.165) is 49.5 Å². The van der Waals surface area contributed by atoms with Crippen LogP contribution in [0, 0.1) is 6.92 Å². The lowest BCUT2D eigenvalue weighted by atomic mass is 9.78. The Kier molecular flexibility index (Phi) is 6.26. The standard InChI is InChI=1S/C21H25ClN4O3S/c1-14-17(30-20(23-14)26-10-12-29-13-11-26)18(27)24-25-19(28)21(8-2-3-9-21)15-4-6-16(22)7-5-15/h4-7H,2-3,8-13H2,1H3,(H,24,27)(H,25,28). The number of anilines is 1. The number of carbonyl (C=O) groups is 2. The first-order chi connectivity index (χ1) is 14.5. The number of thiazole rings is 1. The highest BCUT2D eigenvalue weighted by molar-refractivity contribution is 7.17. The van der Waals surface area contributed by atoms with Crippen molar-refractivity contribution in [2.75, 3.05) is 31.2 Å². The van der Waals surface area contributed by atoms with Gasteiger partial charge in [0, 0.05) is 18.1 Å². The van der Waals surface area contributed by atoms with Crippen molar-refractivity contribution in [2.24, 2.45) is 0 Å². The maximum Gasteiger partial charge on any atom is 0.281 e. The molecular weight excluding hydrogens is 424 g/mol. The number of hydrogen-bond donors (Lipinski definition) is 2. The van der Waals surface area contributed by atoms with Gasteiger partial charge in [-0.25, -0.2) is 4.98 Å². The monoisotopic (exact) mass is 448 g/mol. The molecule has 2 heterocycles. The SMILES string of the molecule is Cc1nc(N2CCOCC2)sc1C(=O)NNC(=O)C1(c2ccc(Cl)cc2)CCCC1. The first-order valence-corrected chi connectivity index (χ1v) is 11.4. The maximum atomic E-state index is 13.1. The van der Waals surface area contributed by atoms with Gasteiger partial charge in [-0.2, -0.15) is 0 Å². The minimum atomic E-state index is -0.639. The highest BCUT2D eigenvalue weighted by Crippen LogP contribution is 2.41. The smallest absolute Gasteiger partial charge is 0.281 e. The molecule has 1 saturated carbocycles. The van der Waals surface area contributed by atoms with Gasteiger partial charge in [-0.15, -0.1) is 0 Å². The van der Waals surface area contributed by atoms with Gasteiger partial charge in [0.2, 0.25) is 5.91 Å². The zero-order valence-corrected chi connectivity index (χ0v) is 18.4. The zero-order chi connectivity index (χ0) is 21.1. The molecule has 2 amide bonds. The molecule has 1 aromatic carbocycles. The van der Waals surface area contributed by atoms with Crippen molar-refractivity contribution in [3.05, 3.63) is 45.4 Å². The third-order valence-electron chi connectivity index (χ3n) is 5.85. The Balaban J connectivity index is 1.44. The average Bonchev–Trinajstić information content (AvgIpc) is 3.41. The second-order valence-corrected chi connectivity index (χ2v) is 9.13. The summed E-state index contributed by atoms with van der Waals surface area (Å²) in [5, 5.41) is 1.44. The number of nitrogens with zero attached hydrogens (tertiary/aromatic N) is 2. The summed E-state index contributed by atoms with van der Waals surface area (Å²) >= 11 is 7.35. The molecule has 7 nitrogen and oxygen atoms in total. The van der Waals surface area contributed by atoms with E-state index in [4.69, 9.17) is 16.3 Å². The molecule has 0 radical (unpaired) electrons. The van der Waals surface area contributed by atoms with Gasteiger partial charge in [0.05, 0.1) is 24.3 Å². The van der Waals surface area contributed by atoms with Crippen molar-refractivity contribution in [1.82, 2.24) is 15.8 Å². The molecule has 2 aliphatic rings. The molecule has 1 aliphatic heterocycles. The van der Waals surface area contributed by atoms with E-state index >= 15 is 0 Å². The van der Waals surface area contributed by atoms with Crippen LogP contribution in [0.2, 0.25) is 5.02 Å². The number of ether oxygens (including phenoxy) is 1. The van der Waals surface area contributed by atoms with E-state index in [1.54, 1.807) is 12.1 Å². The molecule has 0 bridgehead atoms. The quantitative estimate of drug-likeness (QED) is 0.701. The zero-order valence-electron chi connectivity index (χ0n) is 16.9. The van der Waals surface area contributed by atoms with Gasteiger partial charge in [-0.05, 0) is 37.5 Å². The first kappa shape index (κ1) is 21.1. The Morgan fingerprint density at radius 3 is 2.47 bits per heavy atom. The first-order valence-electron chi connectivity index (χ1n) is 10.2. The summed E-state index contributed by atoms with van der Waals surface area (Å²) in [5.41, 5.74) is 6.21. The predicted molar refractivity (Wildman–Crippen MR) is 117 cm³/mol. The predicted octanol–water partition coefficient (Wildman–Crippen LogP) is 3.21. The highest BCUT2D eigenvalue weighted by Gasteiger charge is 2.43. The number of carbonyl (C=O) groups excluding carboxylic acids is 2. The van der Waals surface area contributed by atoms with Gasteiger partial charge >= 0.3 is 0 Å². The fraction of sp³-hybridized carbons (Fsp3) is 0.476. The van der Waals surface area contributed by atoms with Crippen LogP contribution in [0.4, 0.5) is 5.13 Å². The molecule has 2 N–H and O–H groups in total. The van der Waals surface area contributed by atoms with E-state index in [1.165, 1.54) is 11.3 Å². The average molecular weight is 449 g/mol. The Morgan fingerprint density at radius 1 is 1.13 bits per heavy atom. The van der Waals surface area contributed by atoms with Crippen molar-refractivity contribution in [3.8, 4) is 0 Å².